The summed E-state index contributed by atoms with van der Waals surface area (Å²) in [6, 6.07) is 29.2. The molecule has 0 aliphatic heterocycles. The minimum Gasteiger partial charge on any atom is -0.444 e. The van der Waals surface area contributed by atoms with Crippen molar-refractivity contribution in [2.24, 2.45) is 7.05 Å². The van der Waals surface area contributed by atoms with Gasteiger partial charge in [0.1, 0.15) is 34.7 Å². The van der Waals surface area contributed by atoms with Crippen LogP contribution in [-0.2, 0) is 31.6 Å². The normalized spacial score (nSPS) is 11.7. The van der Waals surface area contributed by atoms with Crippen molar-refractivity contribution in [1.82, 2.24) is 25.7 Å². The Labute approximate surface area is 304 Å². The predicted octanol–water partition coefficient (Wildman–Crippen LogP) is 5.69. The van der Waals surface area contributed by atoms with E-state index in [1.54, 1.807) is 53.3 Å². The molecule has 276 valence electrons. The highest BCUT2D eigenvalue weighted by atomic mass is 16.6. The maximum Gasteiger partial charge on any atom is 0.407 e. The number of hydrogen-bond donors (Lipinski definition) is 5. The van der Waals surface area contributed by atoms with Crippen molar-refractivity contribution in [3.05, 3.63) is 114 Å². The van der Waals surface area contributed by atoms with Crippen LogP contribution < -0.4 is 26.6 Å². The number of nitrogens with one attached hydrogen (secondary N) is 5. The van der Waals surface area contributed by atoms with E-state index in [-0.39, 0.29) is 13.1 Å². The Morgan fingerprint density at radius 2 is 1.10 bits per heavy atom. The van der Waals surface area contributed by atoms with Crippen LogP contribution >= 0.6 is 0 Å². The highest BCUT2D eigenvalue weighted by Crippen LogP contribution is 2.41. The summed E-state index contributed by atoms with van der Waals surface area (Å²) < 4.78 is 12.2. The Morgan fingerprint density at radius 1 is 0.673 bits per heavy atom. The van der Waals surface area contributed by atoms with Crippen molar-refractivity contribution in [2.75, 3.05) is 23.7 Å². The number of nitrogens with zero attached hydrogens (tertiary/aromatic N) is 2. The van der Waals surface area contributed by atoms with Gasteiger partial charge in [-0.1, -0.05) is 91.0 Å². The van der Waals surface area contributed by atoms with Crippen LogP contribution in [0, 0.1) is 0 Å². The van der Waals surface area contributed by atoms with Crippen LogP contribution in [0.3, 0.4) is 0 Å². The van der Waals surface area contributed by atoms with Crippen LogP contribution in [0.5, 0.6) is 0 Å². The molecule has 0 atom stereocenters. The zero-order valence-corrected chi connectivity index (χ0v) is 30.8. The molecule has 4 amide bonds. The third kappa shape index (κ3) is 11.1. The summed E-state index contributed by atoms with van der Waals surface area (Å²) >= 11 is 0. The molecule has 1 heterocycles. The zero-order chi connectivity index (χ0) is 37.9. The van der Waals surface area contributed by atoms with Crippen molar-refractivity contribution in [1.29, 1.82) is 0 Å². The molecule has 4 aromatic rings. The quantitative estimate of drug-likeness (QED) is 0.0873. The number of carbonyl (C=O) groups excluding carboxylic acids is 4. The van der Waals surface area contributed by atoms with Crippen LogP contribution in [0.15, 0.2) is 97.2 Å². The smallest absolute Gasteiger partial charge is 0.407 e. The molecule has 0 radical (unpaired) electrons. The molecule has 0 aliphatic carbocycles. The van der Waals surface area contributed by atoms with Gasteiger partial charge in [-0.25, -0.2) is 9.59 Å². The van der Waals surface area contributed by atoms with Crippen LogP contribution in [0.4, 0.5) is 21.1 Å². The Morgan fingerprint density at radius 3 is 1.50 bits per heavy atom. The SMILES string of the molecule is Cn1ncc(NC(=O)CC(=O)NC(CNC(=O)OC(C)(C)C)CNC(=O)OC(C)(C)C)c1NC(c1ccccc1)(c1ccccc1)c1ccccc1. The fraction of sp³-hybridized carbons (Fsp3) is 0.359. The summed E-state index contributed by atoms with van der Waals surface area (Å²) in [5, 5.41) is 18.9. The maximum atomic E-state index is 13.4. The van der Waals surface area contributed by atoms with E-state index in [1.807, 2.05) is 91.0 Å². The molecular formula is C39H49N7O6. The van der Waals surface area contributed by atoms with E-state index in [9.17, 15) is 19.2 Å². The van der Waals surface area contributed by atoms with Crippen molar-refractivity contribution >= 4 is 35.5 Å². The molecule has 13 heteroatoms. The molecular weight excluding hydrogens is 662 g/mol. The molecule has 0 bridgehead atoms. The molecule has 1 aromatic heterocycles. The highest BCUT2D eigenvalue weighted by Gasteiger charge is 2.38. The monoisotopic (exact) mass is 711 g/mol. The van der Waals surface area contributed by atoms with Gasteiger partial charge in [-0.2, -0.15) is 5.10 Å². The van der Waals surface area contributed by atoms with Gasteiger partial charge in [-0.05, 0) is 58.2 Å². The number of aryl methyl sites for hydroxylation is 1. The van der Waals surface area contributed by atoms with E-state index in [0.717, 1.165) is 16.7 Å². The van der Waals surface area contributed by atoms with E-state index in [0.29, 0.717) is 11.5 Å². The van der Waals surface area contributed by atoms with Gasteiger partial charge in [0.2, 0.25) is 11.8 Å². The average Bonchev–Trinajstić information content (AvgIpc) is 3.41. The third-order valence-electron chi connectivity index (χ3n) is 7.61. The Balaban J connectivity index is 1.53. The molecule has 0 fully saturated rings. The van der Waals surface area contributed by atoms with Crippen LogP contribution in [-0.4, -0.2) is 64.1 Å². The first-order chi connectivity index (χ1) is 24.6. The lowest BCUT2D eigenvalue weighted by molar-refractivity contribution is -0.127. The summed E-state index contributed by atoms with van der Waals surface area (Å²) in [7, 11) is 1.76. The number of benzene rings is 3. The molecule has 3 aromatic carbocycles. The zero-order valence-electron chi connectivity index (χ0n) is 30.8. The molecule has 0 spiro atoms. The average molecular weight is 712 g/mol. The van der Waals surface area contributed by atoms with Gasteiger partial charge in [-0.3, -0.25) is 14.3 Å². The van der Waals surface area contributed by atoms with Crippen molar-refractivity contribution in [2.45, 2.75) is 70.7 Å². The number of rotatable bonds is 13. The van der Waals surface area contributed by atoms with E-state index in [1.165, 1.54) is 6.20 Å². The predicted molar refractivity (Wildman–Crippen MR) is 200 cm³/mol. The highest BCUT2D eigenvalue weighted by molar-refractivity contribution is 6.04. The first-order valence-corrected chi connectivity index (χ1v) is 17.1. The number of ether oxygens (including phenoxy) is 2. The summed E-state index contributed by atoms with van der Waals surface area (Å²) in [6.45, 7) is 10.2. The first kappa shape index (κ1) is 38.9. The molecule has 4 rings (SSSR count). The second kappa shape index (κ2) is 16.9. The fourth-order valence-corrected chi connectivity index (χ4v) is 5.47. The lowest BCUT2D eigenvalue weighted by Gasteiger charge is -2.38. The van der Waals surface area contributed by atoms with E-state index >= 15 is 0 Å². The second-order valence-electron chi connectivity index (χ2n) is 14.3. The minimum atomic E-state index is -0.899. The van der Waals surface area contributed by atoms with Gasteiger partial charge in [-0.15, -0.1) is 0 Å². The van der Waals surface area contributed by atoms with Gasteiger partial charge in [0, 0.05) is 20.1 Å². The van der Waals surface area contributed by atoms with Gasteiger partial charge >= 0.3 is 12.2 Å². The van der Waals surface area contributed by atoms with Gasteiger partial charge < -0.3 is 36.1 Å². The van der Waals surface area contributed by atoms with Gasteiger partial charge in [0.15, 0.2) is 0 Å². The lowest BCUT2D eigenvalue weighted by atomic mass is 9.77. The second-order valence-corrected chi connectivity index (χ2v) is 14.3. The van der Waals surface area contributed by atoms with E-state index in [2.05, 4.69) is 31.7 Å². The molecule has 0 saturated heterocycles. The summed E-state index contributed by atoms with van der Waals surface area (Å²) in [4.78, 5) is 51.2. The largest absolute Gasteiger partial charge is 0.444 e. The molecule has 13 nitrogen and oxygen atoms in total. The number of alkyl carbamates (subject to hydrolysis) is 2. The van der Waals surface area contributed by atoms with Crippen LogP contribution in [0.2, 0.25) is 0 Å². The number of hydrogen-bond acceptors (Lipinski definition) is 8. The number of anilines is 2. The van der Waals surface area contributed by atoms with Crippen LogP contribution in [0.1, 0.15) is 64.7 Å². The summed E-state index contributed by atoms with van der Waals surface area (Å²) in [5.41, 5.74) is 0.854. The third-order valence-corrected chi connectivity index (χ3v) is 7.61. The number of carbonyl (C=O) groups is 4. The maximum absolute atomic E-state index is 13.4. The van der Waals surface area contributed by atoms with E-state index in [4.69, 9.17) is 9.47 Å². The number of amides is 4. The molecule has 0 saturated carbocycles. The molecule has 0 aliphatic rings. The molecule has 5 N–H and O–H groups in total. The molecule has 52 heavy (non-hydrogen) atoms. The minimum absolute atomic E-state index is 0.0880. The van der Waals surface area contributed by atoms with Crippen LogP contribution in [0.25, 0.3) is 0 Å². The fourth-order valence-electron chi connectivity index (χ4n) is 5.47. The summed E-state index contributed by atoms with van der Waals surface area (Å²) in [5.74, 6) is -0.728. The standard InChI is InChI=1S/C39H49N7O6/c1-37(2,3)51-35(49)40-24-30(25-41-36(50)52-38(4,5)6)43-32(47)23-33(48)44-31-26-42-46(7)34(31)45-39(27-17-11-8-12-18-27,28-19-13-9-14-20-28)29-21-15-10-16-22-29/h8-22,26,30,45H,23-25H2,1-7H3,(H,40,49)(H,41,50)(H,43,47)(H,44,48). The first-order valence-electron chi connectivity index (χ1n) is 17.1. The van der Waals surface area contributed by atoms with Crippen molar-refractivity contribution in [3.8, 4) is 0 Å². The Hall–Kier alpha value is -5.85. The summed E-state index contributed by atoms with van der Waals surface area (Å²) in [6.07, 6.45) is -0.431. The van der Waals surface area contributed by atoms with Crippen molar-refractivity contribution in [3.63, 3.8) is 0 Å². The lowest BCUT2D eigenvalue weighted by Crippen LogP contribution is -2.51. The van der Waals surface area contributed by atoms with E-state index < -0.39 is 53.2 Å². The topological polar surface area (TPSA) is 165 Å². The van der Waals surface area contributed by atoms with Gasteiger partial charge in [0.05, 0.1) is 12.2 Å². The Kier molecular flexibility index (Phi) is 12.7. The van der Waals surface area contributed by atoms with Gasteiger partial charge in [0.25, 0.3) is 0 Å². The van der Waals surface area contributed by atoms with Crippen molar-refractivity contribution < 1.29 is 28.7 Å². The Bertz CT molecular complexity index is 1670. The number of aromatic nitrogens is 2. The molecule has 0 unspecified atom stereocenters.